The number of amides is 1. The summed E-state index contributed by atoms with van der Waals surface area (Å²) in [6, 6.07) is 20.1. The molecule has 6 nitrogen and oxygen atoms in total. The predicted octanol–water partition coefficient (Wildman–Crippen LogP) is 5.11. The lowest BCUT2D eigenvalue weighted by atomic mass is 9.80. The van der Waals surface area contributed by atoms with E-state index in [9.17, 15) is 4.79 Å². The lowest BCUT2D eigenvalue weighted by Crippen LogP contribution is -2.51. The molecule has 0 radical (unpaired) electrons. The van der Waals surface area contributed by atoms with Crippen LogP contribution < -0.4 is 10.1 Å². The molecular weight excluding hydrogens is 444 g/mol. The normalized spacial score (nSPS) is 19.6. The third-order valence-electron chi connectivity index (χ3n) is 7.17. The number of rotatable bonds is 3. The number of hydrogen-bond acceptors (Lipinski definition) is 5. The minimum atomic E-state index is -0.219. The molecule has 7 heteroatoms. The largest absolute Gasteiger partial charge is 0.487 e. The molecule has 2 aromatic heterocycles. The summed E-state index contributed by atoms with van der Waals surface area (Å²) in [6.07, 6.45) is 2.74. The smallest absolute Gasteiger partial charge is 0.261 e. The van der Waals surface area contributed by atoms with Gasteiger partial charge in [-0.25, -0.2) is 4.68 Å². The number of aromatic nitrogens is 2. The summed E-state index contributed by atoms with van der Waals surface area (Å²) in [6.45, 7) is 4.01. The van der Waals surface area contributed by atoms with Crippen LogP contribution in [0.5, 0.6) is 5.75 Å². The van der Waals surface area contributed by atoms with Gasteiger partial charge in [-0.2, -0.15) is 5.10 Å². The Morgan fingerprint density at radius 2 is 1.85 bits per heavy atom. The Labute approximate surface area is 203 Å². The number of benzene rings is 2. The number of fused-ring (bicyclic) bond motifs is 2. The zero-order chi connectivity index (χ0) is 23.3. The van der Waals surface area contributed by atoms with E-state index in [1.807, 2.05) is 66.2 Å². The number of thiophene rings is 1. The molecular formula is C27H28N4O2S. The van der Waals surface area contributed by atoms with Gasteiger partial charge in [-0.05, 0) is 51.1 Å². The molecule has 0 aliphatic carbocycles. The van der Waals surface area contributed by atoms with E-state index >= 15 is 0 Å². The summed E-state index contributed by atoms with van der Waals surface area (Å²) in [4.78, 5) is 17.5. The van der Waals surface area contributed by atoms with Crippen molar-refractivity contribution in [1.82, 2.24) is 20.0 Å². The van der Waals surface area contributed by atoms with E-state index in [0.717, 1.165) is 65.3 Å². The van der Waals surface area contributed by atoms with Crippen molar-refractivity contribution in [1.29, 1.82) is 0 Å². The highest BCUT2D eigenvalue weighted by Crippen LogP contribution is 2.44. The molecule has 1 saturated heterocycles. The summed E-state index contributed by atoms with van der Waals surface area (Å²) in [5.41, 5.74) is 2.77. The number of carbonyl (C=O) groups is 1. The molecule has 1 spiro atoms. The standard InChI is InChI=1S/C27H28N4O2S/c1-18-21-16-24(34-26(21)31(29-18)19-8-4-3-5-9-19)25(32)28-22-17-27(12-14-30(2)15-13-27)33-23-11-7-6-10-20(22)23/h3-11,16,22H,12-15,17H2,1-2H3,(H,28,32). The zero-order valence-corrected chi connectivity index (χ0v) is 20.3. The van der Waals surface area contributed by atoms with Crippen LogP contribution in [0.15, 0.2) is 60.7 Å². The third kappa shape index (κ3) is 3.69. The van der Waals surface area contributed by atoms with Crippen molar-refractivity contribution in [3.8, 4) is 11.4 Å². The first-order chi connectivity index (χ1) is 16.5. The molecule has 2 aromatic carbocycles. The summed E-state index contributed by atoms with van der Waals surface area (Å²) < 4.78 is 8.49. The molecule has 0 saturated carbocycles. The van der Waals surface area contributed by atoms with E-state index in [0.29, 0.717) is 4.88 Å². The van der Waals surface area contributed by atoms with Crippen LogP contribution in [0.25, 0.3) is 15.9 Å². The second-order valence-electron chi connectivity index (χ2n) is 9.52. The van der Waals surface area contributed by atoms with Gasteiger partial charge in [-0.15, -0.1) is 11.3 Å². The van der Waals surface area contributed by atoms with Crippen molar-refractivity contribution < 1.29 is 9.53 Å². The van der Waals surface area contributed by atoms with Gasteiger partial charge in [-0.1, -0.05) is 36.4 Å². The van der Waals surface area contributed by atoms with Gasteiger partial charge in [0.15, 0.2) is 0 Å². The number of piperidine rings is 1. The second kappa shape index (κ2) is 8.25. The number of carbonyl (C=O) groups excluding carboxylic acids is 1. The molecule has 174 valence electrons. The molecule has 1 amide bonds. The van der Waals surface area contributed by atoms with Crippen LogP contribution >= 0.6 is 11.3 Å². The number of para-hydroxylation sites is 2. The Morgan fingerprint density at radius 3 is 2.65 bits per heavy atom. The van der Waals surface area contributed by atoms with Gasteiger partial charge in [0.05, 0.1) is 22.3 Å². The average molecular weight is 473 g/mol. The zero-order valence-electron chi connectivity index (χ0n) is 19.5. The van der Waals surface area contributed by atoms with Gasteiger partial charge in [0.2, 0.25) is 0 Å². The summed E-state index contributed by atoms with van der Waals surface area (Å²) in [5, 5.41) is 9.08. The van der Waals surface area contributed by atoms with Gasteiger partial charge in [0.1, 0.15) is 16.2 Å². The van der Waals surface area contributed by atoms with Crippen molar-refractivity contribution in [2.45, 2.75) is 37.8 Å². The van der Waals surface area contributed by atoms with Gasteiger partial charge >= 0.3 is 0 Å². The van der Waals surface area contributed by atoms with E-state index in [1.54, 1.807) is 0 Å². The van der Waals surface area contributed by atoms with Crippen molar-refractivity contribution in [2.24, 2.45) is 0 Å². The molecule has 4 heterocycles. The minimum absolute atomic E-state index is 0.0370. The quantitative estimate of drug-likeness (QED) is 0.450. The fraction of sp³-hybridized carbons (Fsp3) is 0.333. The van der Waals surface area contributed by atoms with Crippen LogP contribution in [-0.2, 0) is 0 Å². The molecule has 1 atom stereocenters. The van der Waals surface area contributed by atoms with E-state index in [2.05, 4.69) is 23.3 Å². The van der Waals surface area contributed by atoms with Gasteiger partial charge in [0.25, 0.3) is 5.91 Å². The summed E-state index contributed by atoms with van der Waals surface area (Å²) >= 11 is 1.50. The number of aryl methyl sites for hydroxylation is 1. The molecule has 2 aliphatic rings. The Hall–Kier alpha value is -3.16. The van der Waals surface area contributed by atoms with E-state index in [-0.39, 0.29) is 17.6 Å². The van der Waals surface area contributed by atoms with Crippen molar-refractivity contribution >= 4 is 27.5 Å². The highest BCUT2D eigenvalue weighted by molar-refractivity contribution is 7.20. The first-order valence-electron chi connectivity index (χ1n) is 11.8. The fourth-order valence-electron chi connectivity index (χ4n) is 5.21. The maximum Gasteiger partial charge on any atom is 0.261 e. The predicted molar refractivity (Wildman–Crippen MR) is 135 cm³/mol. The number of nitrogens with one attached hydrogen (secondary N) is 1. The van der Waals surface area contributed by atoms with E-state index < -0.39 is 0 Å². The van der Waals surface area contributed by atoms with Crippen molar-refractivity contribution in [3.05, 3.63) is 76.8 Å². The van der Waals surface area contributed by atoms with Crippen LogP contribution in [0.3, 0.4) is 0 Å². The monoisotopic (exact) mass is 472 g/mol. The van der Waals surface area contributed by atoms with Gasteiger partial charge in [0, 0.05) is 30.5 Å². The summed E-state index contributed by atoms with van der Waals surface area (Å²) in [5.74, 6) is 0.862. The Balaban J connectivity index is 1.31. The SMILES string of the molecule is Cc1nn(-c2ccccc2)c2sc(C(=O)NC3CC4(CCN(C)CC4)Oc4ccccc43)cc12. The topological polar surface area (TPSA) is 59.4 Å². The maximum atomic E-state index is 13.5. The highest BCUT2D eigenvalue weighted by Gasteiger charge is 2.43. The third-order valence-corrected chi connectivity index (χ3v) is 8.28. The Bertz CT molecular complexity index is 1350. The molecule has 1 N–H and O–H groups in total. The highest BCUT2D eigenvalue weighted by atomic mass is 32.1. The first kappa shape index (κ1) is 21.4. The minimum Gasteiger partial charge on any atom is -0.487 e. The lowest BCUT2D eigenvalue weighted by molar-refractivity contribution is -0.0195. The van der Waals surface area contributed by atoms with E-state index in [1.165, 1.54) is 11.3 Å². The van der Waals surface area contributed by atoms with Gasteiger partial charge < -0.3 is 15.0 Å². The molecule has 34 heavy (non-hydrogen) atoms. The lowest BCUT2D eigenvalue weighted by Gasteiger charge is -2.46. The van der Waals surface area contributed by atoms with Gasteiger partial charge in [-0.3, -0.25) is 4.79 Å². The average Bonchev–Trinajstić information content (AvgIpc) is 3.42. The Kier molecular flexibility index (Phi) is 5.19. The first-order valence-corrected chi connectivity index (χ1v) is 12.6. The van der Waals surface area contributed by atoms with Crippen LogP contribution in [0.1, 0.15) is 46.2 Å². The number of hydrogen-bond donors (Lipinski definition) is 1. The van der Waals surface area contributed by atoms with Crippen LogP contribution in [0, 0.1) is 6.92 Å². The Morgan fingerprint density at radius 1 is 1.12 bits per heavy atom. The second-order valence-corrected chi connectivity index (χ2v) is 10.5. The van der Waals surface area contributed by atoms with Crippen LogP contribution in [0.2, 0.25) is 0 Å². The van der Waals surface area contributed by atoms with Crippen molar-refractivity contribution in [2.75, 3.05) is 20.1 Å². The maximum absolute atomic E-state index is 13.5. The molecule has 0 bridgehead atoms. The van der Waals surface area contributed by atoms with Crippen LogP contribution in [0.4, 0.5) is 0 Å². The number of likely N-dealkylation sites (tertiary alicyclic amines) is 1. The molecule has 4 aromatic rings. The van der Waals surface area contributed by atoms with E-state index in [4.69, 9.17) is 9.84 Å². The summed E-state index contributed by atoms with van der Waals surface area (Å²) in [7, 11) is 2.16. The molecule has 1 fully saturated rings. The number of nitrogens with zero attached hydrogens (tertiary/aromatic N) is 3. The molecule has 6 rings (SSSR count). The fourth-order valence-corrected chi connectivity index (χ4v) is 6.30. The van der Waals surface area contributed by atoms with Crippen molar-refractivity contribution in [3.63, 3.8) is 0 Å². The number of ether oxygens (including phenoxy) is 1. The molecule has 1 unspecified atom stereocenters. The van der Waals surface area contributed by atoms with Crippen LogP contribution in [-0.4, -0.2) is 46.3 Å². The molecule has 2 aliphatic heterocycles.